The largest absolute Gasteiger partial charge is 0.497 e. The van der Waals surface area contributed by atoms with Crippen LogP contribution in [0.2, 0.25) is 0 Å². The number of aliphatic hydroxyl groups excluding tert-OH is 1. The molecule has 0 amide bonds. The lowest BCUT2D eigenvalue weighted by Gasteiger charge is -2.37. The first-order chi connectivity index (χ1) is 12.2. The van der Waals surface area contributed by atoms with Gasteiger partial charge in [0.05, 0.1) is 13.2 Å². The summed E-state index contributed by atoms with van der Waals surface area (Å²) in [6.07, 6.45) is 0.613. The zero-order valence-electron chi connectivity index (χ0n) is 15.2. The van der Waals surface area contributed by atoms with Crippen LogP contribution in [0, 0.1) is 0 Å². The number of hydrogen-bond acceptors (Lipinski definition) is 4. The van der Waals surface area contributed by atoms with E-state index in [4.69, 9.17) is 4.74 Å². The van der Waals surface area contributed by atoms with Crippen molar-refractivity contribution in [2.75, 3.05) is 44.7 Å². The Morgan fingerprint density at radius 1 is 0.960 bits per heavy atom. The number of aliphatic hydroxyl groups is 1. The van der Waals surface area contributed by atoms with Crippen LogP contribution in [-0.4, -0.2) is 49.8 Å². The summed E-state index contributed by atoms with van der Waals surface area (Å²) in [5, 5.41) is 10.5. The second-order valence-electron chi connectivity index (χ2n) is 6.60. The van der Waals surface area contributed by atoms with E-state index in [0.29, 0.717) is 6.54 Å². The Labute approximate surface area is 150 Å². The Balaban J connectivity index is 1.51. The molecule has 25 heavy (non-hydrogen) atoms. The Kier molecular flexibility index (Phi) is 5.95. The predicted molar refractivity (Wildman–Crippen MR) is 102 cm³/mol. The molecule has 1 saturated heterocycles. The zero-order valence-corrected chi connectivity index (χ0v) is 15.2. The average Bonchev–Trinajstić information content (AvgIpc) is 2.68. The topological polar surface area (TPSA) is 35.9 Å². The van der Waals surface area contributed by atoms with Crippen molar-refractivity contribution >= 4 is 5.69 Å². The predicted octanol–water partition coefficient (Wildman–Crippen LogP) is 3.11. The Hall–Kier alpha value is -2.04. The third-order valence-corrected chi connectivity index (χ3v) is 5.01. The number of aryl methyl sites for hydroxylation is 1. The maximum absolute atomic E-state index is 10.5. The zero-order chi connectivity index (χ0) is 17.6. The minimum absolute atomic E-state index is 0.418. The van der Waals surface area contributed by atoms with Crippen LogP contribution in [-0.2, 0) is 6.42 Å². The quantitative estimate of drug-likeness (QED) is 0.876. The molecule has 1 N–H and O–H groups in total. The van der Waals surface area contributed by atoms with Gasteiger partial charge in [0.2, 0.25) is 0 Å². The molecule has 1 fully saturated rings. The SMILES string of the molecule is CCc1ccc([C@@H](O)CN2CCN(c3ccc(OC)cc3)CC2)cc1. The highest BCUT2D eigenvalue weighted by Crippen LogP contribution is 2.22. The summed E-state index contributed by atoms with van der Waals surface area (Å²) in [5.41, 5.74) is 3.55. The summed E-state index contributed by atoms with van der Waals surface area (Å²) in [5.74, 6) is 0.889. The molecule has 1 atom stereocenters. The first-order valence-corrected chi connectivity index (χ1v) is 9.08. The van der Waals surface area contributed by atoms with Crippen molar-refractivity contribution in [3.8, 4) is 5.75 Å². The van der Waals surface area contributed by atoms with E-state index in [1.54, 1.807) is 7.11 Å². The van der Waals surface area contributed by atoms with Crippen LogP contribution in [0.1, 0.15) is 24.2 Å². The number of piperazine rings is 1. The van der Waals surface area contributed by atoms with Crippen LogP contribution < -0.4 is 9.64 Å². The van der Waals surface area contributed by atoms with E-state index in [1.807, 2.05) is 12.1 Å². The summed E-state index contributed by atoms with van der Waals surface area (Å²) in [7, 11) is 1.69. The van der Waals surface area contributed by atoms with E-state index in [2.05, 4.69) is 53.1 Å². The molecule has 0 unspecified atom stereocenters. The van der Waals surface area contributed by atoms with Gasteiger partial charge in [-0.05, 0) is 41.8 Å². The van der Waals surface area contributed by atoms with Crippen LogP contribution in [0.3, 0.4) is 0 Å². The van der Waals surface area contributed by atoms with Gasteiger partial charge >= 0.3 is 0 Å². The number of benzene rings is 2. The van der Waals surface area contributed by atoms with Gasteiger partial charge in [-0.2, -0.15) is 0 Å². The van der Waals surface area contributed by atoms with E-state index < -0.39 is 6.10 Å². The molecule has 0 bridgehead atoms. The monoisotopic (exact) mass is 340 g/mol. The molecule has 0 radical (unpaired) electrons. The number of nitrogens with zero attached hydrogens (tertiary/aromatic N) is 2. The maximum atomic E-state index is 10.5. The number of anilines is 1. The molecule has 2 aromatic carbocycles. The molecule has 4 heteroatoms. The van der Waals surface area contributed by atoms with Crippen LogP contribution >= 0.6 is 0 Å². The number of methoxy groups -OCH3 is 1. The summed E-state index contributed by atoms with van der Waals surface area (Å²) >= 11 is 0. The molecule has 4 nitrogen and oxygen atoms in total. The lowest BCUT2D eigenvalue weighted by Crippen LogP contribution is -2.47. The molecule has 0 aliphatic carbocycles. The molecule has 0 saturated carbocycles. The van der Waals surface area contributed by atoms with Crippen molar-refractivity contribution in [1.82, 2.24) is 4.90 Å². The van der Waals surface area contributed by atoms with E-state index >= 15 is 0 Å². The third-order valence-electron chi connectivity index (χ3n) is 5.01. The fourth-order valence-electron chi connectivity index (χ4n) is 3.31. The Morgan fingerprint density at radius 2 is 1.60 bits per heavy atom. The molecule has 0 aromatic heterocycles. The molecule has 1 aliphatic rings. The highest BCUT2D eigenvalue weighted by atomic mass is 16.5. The third kappa shape index (κ3) is 4.53. The van der Waals surface area contributed by atoms with Crippen molar-refractivity contribution in [2.45, 2.75) is 19.4 Å². The molecule has 1 aliphatic heterocycles. The van der Waals surface area contributed by atoms with Gasteiger partial charge in [-0.3, -0.25) is 4.90 Å². The summed E-state index contributed by atoms with van der Waals surface area (Å²) < 4.78 is 5.22. The van der Waals surface area contributed by atoms with Crippen molar-refractivity contribution in [1.29, 1.82) is 0 Å². The fourth-order valence-corrected chi connectivity index (χ4v) is 3.31. The number of β-amino-alcohol motifs (C(OH)–C–C–N with tert-alkyl or cyclic N) is 1. The first kappa shape index (κ1) is 17.8. The van der Waals surface area contributed by atoms with Crippen molar-refractivity contribution in [3.05, 3.63) is 59.7 Å². The smallest absolute Gasteiger partial charge is 0.119 e. The second kappa shape index (κ2) is 8.37. The maximum Gasteiger partial charge on any atom is 0.119 e. The van der Waals surface area contributed by atoms with Gasteiger partial charge in [0.25, 0.3) is 0 Å². The summed E-state index contributed by atoms with van der Waals surface area (Å²) in [4.78, 5) is 4.73. The second-order valence-corrected chi connectivity index (χ2v) is 6.60. The molecular weight excluding hydrogens is 312 g/mol. The molecule has 1 heterocycles. The van der Waals surface area contributed by atoms with Gasteiger partial charge in [0, 0.05) is 38.4 Å². The highest BCUT2D eigenvalue weighted by molar-refractivity contribution is 5.49. The van der Waals surface area contributed by atoms with Gasteiger partial charge in [-0.25, -0.2) is 0 Å². The van der Waals surface area contributed by atoms with E-state index in [1.165, 1.54) is 11.3 Å². The van der Waals surface area contributed by atoms with Crippen molar-refractivity contribution in [3.63, 3.8) is 0 Å². The molecular formula is C21H28N2O2. The van der Waals surface area contributed by atoms with Crippen LogP contribution in [0.4, 0.5) is 5.69 Å². The van der Waals surface area contributed by atoms with Crippen LogP contribution in [0.5, 0.6) is 5.75 Å². The minimum atomic E-state index is -0.418. The van der Waals surface area contributed by atoms with Gasteiger partial charge in [-0.15, -0.1) is 0 Å². The minimum Gasteiger partial charge on any atom is -0.497 e. The molecule has 2 aromatic rings. The first-order valence-electron chi connectivity index (χ1n) is 9.08. The number of ether oxygens (including phenoxy) is 1. The fraction of sp³-hybridized carbons (Fsp3) is 0.429. The average molecular weight is 340 g/mol. The van der Waals surface area contributed by atoms with Gasteiger partial charge in [0.15, 0.2) is 0 Å². The van der Waals surface area contributed by atoms with E-state index in [9.17, 15) is 5.11 Å². The Bertz CT molecular complexity index is 647. The van der Waals surface area contributed by atoms with Crippen LogP contribution in [0.15, 0.2) is 48.5 Å². The van der Waals surface area contributed by atoms with Crippen molar-refractivity contribution < 1.29 is 9.84 Å². The van der Waals surface area contributed by atoms with Crippen LogP contribution in [0.25, 0.3) is 0 Å². The summed E-state index contributed by atoms with van der Waals surface area (Å²) in [6.45, 7) is 6.74. The summed E-state index contributed by atoms with van der Waals surface area (Å²) in [6, 6.07) is 16.6. The molecule has 3 rings (SSSR count). The normalized spacial score (nSPS) is 16.7. The van der Waals surface area contributed by atoms with E-state index in [-0.39, 0.29) is 0 Å². The molecule has 134 valence electrons. The Morgan fingerprint density at radius 3 is 2.16 bits per heavy atom. The lowest BCUT2D eigenvalue weighted by molar-refractivity contribution is 0.109. The highest BCUT2D eigenvalue weighted by Gasteiger charge is 2.20. The molecule has 0 spiro atoms. The van der Waals surface area contributed by atoms with Gasteiger partial charge in [-0.1, -0.05) is 31.2 Å². The standard InChI is InChI=1S/C21H28N2O2/c1-3-17-4-6-18(7-5-17)21(24)16-22-12-14-23(15-13-22)19-8-10-20(25-2)11-9-19/h4-11,21,24H,3,12-16H2,1-2H3/t21-/m0/s1. The van der Waals surface area contributed by atoms with Gasteiger partial charge < -0.3 is 14.7 Å². The van der Waals surface area contributed by atoms with Gasteiger partial charge in [0.1, 0.15) is 5.75 Å². The number of rotatable bonds is 6. The lowest BCUT2D eigenvalue weighted by atomic mass is 10.1. The number of hydrogen-bond donors (Lipinski definition) is 1. The van der Waals surface area contributed by atoms with E-state index in [0.717, 1.165) is 43.9 Å². The van der Waals surface area contributed by atoms with Crippen molar-refractivity contribution in [2.24, 2.45) is 0 Å².